The lowest BCUT2D eigenvalue weighted by Gasteiger charge is -2.15. The molecule has 0 radical (unpaired) electrons. The molecule has 0 unspecified atom stereocenters. The molecular weight excluding hydrogens is 242 g/mol. The standard InChI is InChI=1S/C14H23N3O2/c1-4-17(3)9-8-16-13-7-6-11(10-12(13)15)14(18)19-5-2/h6-7,10,16H,4-5,8-9,15H2,1-3H3. The highest BCUT2D eigenvalue weighted by Gasteiger charge is 2.08. The van der Waals surface area contributed by atoms with E-state index in [-0.39, 0.29) is 5.97 Å². The van der Waals surface area contributed by atoms with Crippen LogP contribution in [0.15, 0.2) is 18.2 Å². The molecule has 0 aromatic heterocycles. The van der Waals surface area contributed by atoms with Crippen LogP contribution in [0, 0.1) is 0 Å². The fourth-order valence-electron chi connectivity index (χ4n) is 1.60. The van der Waals surface area contributed by atoms with E-state index in [1.54, 1.807) is 19.1 Å². The van der Waals surface area contributed by atoms with E-state index in [0.29, 0.717) is 17.9 Å². The Balaban J connectivity index is 2.59. The van der Waals surface area contributed by atoms with E-state index >= 15 is 0 Å². The second-order valence-electron chi connectivity index (χ2n) is 4.35. The number of nitrogens with one attached hydrogen (secondary N) is 1. The molecule has 1 aromatic rings. The van der Waals surface area contributed by atoms with E-state index < -0.39 is 0 Å². The minimum atomic E-state index is -0.341. The predicted molar refractivity (Wildman–Crippen MR) is 78.5 cm³/mol. The highest BCUT2D eigenvalue weighted by atomic mass is 16.5. The summed E-state index contributed by atoms with van der Waals surface area (Å²) in [6.07, 6.45) is 0. The van der Waals surface area contributed by atoms with Gasteiger partial charge in [0.1, 0.15) is 0 Å². The molecule has 0 spiro atoms. The zero-order chi connectivity index (χ0) is 14.3. The molecule has 1 rings (SSSR count). The summed E-state index contributed by atoms with van der Waals surface area (Å²) < 4.78 is 4.93. The predicted octanol–water partition coefficient (Wildman–Crippen LogP) is 1.81. The van der Waals surface area contributed by atoms with Crippen molar-refractivity contribution in [2.45, 2.75) is 13.8 Å². The Hall–Kier alpha value is -1.75. The van der Waals surface area contributed by atoms with Gasteiger partial charge in [0, 0.05) is 13.1 Å². The number of rotatable bonds is 7. The van der Waals surface area contributed by atoms with E-state index in [1.807, 2.05) is 6.07 Å². The van der Waals surface area contributed by atoms with Crippen molar-refractivity contribution in [3.05, 3.63) is 23.8 Å². The minimum absolute atomic E-state index is 0.341. The molecule has 106 valence electrons. The van der Waals surface area contributed by atoms with Gasteiger partial charge in [0.05, 0.1) is 23.5 Å². The van der Waals surface area contributed by atoms with Crippen molar-refractivity contribution in [1.82, 2.24) is 4.90 Å². The van der Waals surface area contributed by atoms with Gasteiger partial charge in [-0.2, -0.15) is 0 Å². The third-order valence-corrected chi connectivity index (χ3v) is 2.91. The number of hydrogen-bond donors (Lipinski definition) is 2. The lowest BCUT2D eigenvalue weighted by molar-refractivity contribution is 0.0526. The van der Waals surface area contributed by atoms with Crippen LogP contribution in [0.25, 0.3) is 0 Å². The maximum absolute atomic E-state index is 11.5. The topological polar surface area (TPSA) is 67.6 Å². The lowest BCUT2D eigenvalue weighted by Crippen LogP contribution is -2.24. The molecule has 3 N–H and O–H groups in total. The Morgan fingerprint density at radius 2 is 2.16 bits per heavy atom. The van der Waals surface area contributed by atoms with E-state index in [4.69, 9.17) is 10.5 Å². The zero-order valence-electron chi connectivity index (χ0n) is 11.9. The van der Waals surface area contributed by atoms with Gasteiger partial charge in [-0.05, 0) is 38.7 Å². The summed E-state index contributed by atoms with van der Waals surface area (Å²) in [5.74, 6) is -0.341. The van der Waals surface area contributed by atoms with Gasteiger partial charge in [-0.3, -0.25) is 0 Å². The Morgan fingerprint density at radius 1 is 1.42 bits per heavy atom. The summed E-state index contributed by atoms with van der Waals surface area (Å²) in [6.45, 7) is 7.02. The van der Waals surface area contributed by atoms with Crippen molar-refractivity contribution in [3.8, 4) is 0 Å². The van der Waals surface area contributed by atoms with E-state index in [9.17, 15) is 4.79 Å². The molecule has 0 atom stereocenters. The van der Waals surface area contributed by atoms with Crippen LogP contribution in [0.2, 0.25) is 0 Å². The first kappa shape index (κ1) is 15.3. The fourth-order valence-corrected chi connectivity index (χ4v) is 1.60. The van der Waals surface area contributed by atoms with Gasteiger partial charge in [0.15, 0.2) is 0 Å². The Morgan fingerprint density at radius 3 is 2.74 bits per heavy atom. The lowest BCUT2D eigenvalue weighted by atomic mass is 10.1. The number of ether oxygens (including phenoxy) is 1. The van der Waals surface area contributed by atoms with Gasteiger partial charge in [-0.1, -0.05) is 6.92 Å². The number of esters is 1. The Labute approximate surface area is 114 Å². The molecule has 0 bridgehead atoms. The van der Waals surface area contributed by atoms with E-state index in [2.05, 4.69) is 24.2 Å². The molecule has 5 nitrogen and oxygen atoms in total. The smallest absolute Gasteiger partial charge is 0.338 e. The SMILES string of the molecule is CCOC(=O)c1ccc(NCCN(C)CC)c(N)c1. The third-order valence-electron chi connectivity index (χ3n) is 2.91. The molecule has 0 aliphatic heterocycles. The molecule has 0 aliphatic carbocycles. The minimum Gasteiger partial charge on any atom is -0.462 e. The van der Waals surface area contributed by atoms with Crippen LogP contribution < -0.4 is 11.1 Å². The number of nitrogens with two attached hydrogens (primary N) is 1. The van der Waals surface area contributed by atoms with Crippen molar-refractivity contribution < 1.29 is 9.53 Å². The van der Waals surface area contributed by atoms with Gasteiger partial charge < -0.3 is 20.7 Å². The van der Waals surface area contributed by atoms with Crippen LogP contribution in [0.4, 0.5) is 11.4 Å². The first-order chi connectivity index (χ1) is 9.08. The van der Waals surface area contributed by atoms with Crippen molar-refractivity contribution in [2.75, 3.05) is 44.3 Å². The molecule has 0 saturated carbocycles. The largest absolute Gasteiger partial charge is 0.462 e. The van der Waals surface area contributed by atoms with Crippen LogP contribution in [-0.2, 0) is 4.74 Å². The molecule has 1 aromatic carbocycles. The van der Waals surface area contributed by atoms with Crippen molar-refractivity contribution >= 4 is 17.3 Å². The first-order valence-electron chi connectivity index (χ1n) is 6.57. The van der Waals surface area contributed by atoms with Gasteiger partial charge in [0.2, 0.25) is 0 Å². The molecule has 0 amide bonds. The summed E-state index contributed by atoms with van der Waals surface area (Å²) >= 11 is 0. The number of nitrogens with zero attached hydrogens (tertiary/aromatic N) is 1. The number of hydrogen-bond acceptors (Lipinski definition) is 5. The number of benzene rings is 1. The van der Waals surface area contributed by atoms with Crippen molar-refractivity contribution in [1.29, 1.82) is 0 Å². The van der Waals surface area contributed by atoms with E-state index in [1.165, 1.54) is 0 Å². The average molecular weight is 265 g/mol. The fraction of sp³-hybridized carbons (Fsp3) is 0.500. The van der Waals surface area contributed by atoms with Crippen LogP contribution in [0.1, 0.15) is 24.2 Å². The van der Waals surface area contributed by atoms with Crippen molar-refractivity contribution in [3.63, 3.8) is 0 Å². The van der Waals surface area contributed by atoms with Crippen LogP contribution in [-0.4, -0.2) is 44.2 Å². The highest BCUT2D eigenvalue weighted by Crippen LogP contribution is 2.20. The number of anilines is 2. The summed E-state index contributed by atoms with van der Waals surface area (Å²) in [5, 5.41) is 3.26. The molecule has 5 heteroatoms. The van der Waals surface area contributed by atoms with Crippen LogP contribution >= 0.6 is 0 Å². The van der Waals surface area contributed by atoms with Gasteiger partial charge >= 0.3 is 5.97 Å². The monoisotopic (exact) mass is 265 g/mol. The molecule has 0 saturated heterocycles. The second-order valence-corrected chi connectivity index (χ2v) is 4.35. The molecule has 0 heterocycles. The molecule has 19 heavy (non-hydrogen) atoms. The summed E-state index contributed by atoms with van der Waals surface area (Å²) in [5.41, 5.74) is 7.81. The number of likely N-dealkylation sites (N-methyl/N-ethyl adjacent to an activating group) is 1. The van der Waals surface area contributed by atoms with Crippen LogP contribution in [0.5, 0.6) is 0 Å². The maximum atomic E-state index is 11.5. The van der Waals surface area contributed by atoms with Gasteiger partial charge in [0.25, 0.3) is 0 Å². The average Bonchev–Trinajstić information content (AvgIpc) is 2.40. The van der Waals surface area contributed by atoms with Gasteiger partial charge in [-0.25, -0.2) is 4.79 Å². The maximum Gasteiger partial charge on any atom is 0.338 e. The van der Waals surface area contributed by atoms with Crippen molar-refractivity contribution in [2.24, 2.45) is 0 Å². The third kappa shape index (κ3) is 4.79. The van der Waals surface area contributed by atoms with Gasteiger partial charge in [-0.15, -0.1) is 0 Å². The van der Waals surface area contributed by atoms with E-state index in [0.717, 1.165) is 25.3 Å². The number of carbonyl (C=O) groups is 1. The second kappa shape index (κ2) is 7.63. The highest BCUT2D eigenvalue weighted by molar-refractivity contribution is 5.91. The first-order valence-corrected chi connectivity index (χ1v) is 6.57. The molecule has 0 fully saturated rings. The number of carbonyl (C=O) groups excluding carboxylic acids is 1. The quantitative estimate of drug-likeness (QED) is 0.581. The van der Waals surface area contributed by atoms with Crippen LogP contribution in [0.3, 0.4) is 0 Å². The summed E-state index contributed by atoms with van der Waals surface area (Å²) in [4.78, 5) is 13.8. The summed E-state index contributed by atoms with van der Waals surface area (Å²) in [7, 11) is 2.06. The number of nitrogen functional groups attached to an aromatic ring is 1. The zero-order valence-corrected chi connectivity index (χ0v) is 11.9. The molecular formula is C14H23N3O2. The Kier molecular flexibility index (Phi) is 6.15. The molecule has 0 aliphatic rings. The summed E-state index contributed by atoms with van der Waals surface area (Å²) in [6, 6.07) is 5.18. The normalized spacial score (nSPS) is 10.5. The Bertz CT molecular complexity index is 421.